The van der Waals surface area contributed by atoms with E-state index in [9.17, 15) is 4.39 Å². The minimum Gasteiger partial charge on any atom is -0.381 e. The van der Waals surface area contributed by atoms with Crippen molar-refractivity contribution in [3.05, 3.63) is 35.6 Å². The average Bonchev–Trinajstić information content (AvgIpc) is 3.18. The zero-order valence-corrected chi connectivity index (χ0v) is 20.1. The summed E-state index contributed by atoms with van der Waals surface area (Å²) >= 11 is 0. The van der Waals surface area contributed by atoms with Gasteiger partial charge >= 0.3 is 0 Å². The van der Waals surface area contributed by atoms with Gasteiger partial charge in [-0.2, -0.15) is 0 Å². The van der Waals surface area contributed by atoms with Gasteiger partial charge in [-0.25, -0.2) is 4.39 Å². The number of aliphatic imine (C=N–C) groups is 1. The largest absolute Gasteiger partial charge is 0.381 e. The summed E-state index contributed by atoms with van der Waals surface area (Å²) in [4.78, 5) is 9.21. The minimum absolute atomic E-state index is 0. The fourth-order valence-electron chi connectivity index (χ4n) is 4.23. The Kier molecular flexibility index (Phi) is 10.7. The van der Waals surface area contributed by atoms with Crippen LogP contribution >= 0.6 is 24.0 Å². The summed E-state index contributed by atoms with van der Waals surface area (Å²) in [7, 11) is 1.87. The molecule has 2 aliphatic rings. The smallest absolute Gasteiger partial charge is 0.193 e. The van der Waals surface area contributed by atoms with E-state index in [0.717, 1.165) is 70.3 Å². The Morgan fingerprint density at radius 3 is 2.59 bits per heavy atom. The third-order valence-electron chi connectivity index (χ3n) is 5.96. The first-order chi connectivity index (χ1) is 13.7. The van der Waals surface area contributed by atoms with Crippen molar-refractivity contribution in [1.82, 2.24) is 15.1 Å². The average molecular weight is 518 g/mol. The molecular formula is C22H36FIN4O. The van der Waals surface area contributed by atoms with Crippen LogP contribution in [0, 0.1) is 17.7 Å². The number of piperidine rings is 1. The Hall–Kier alpha value is -0.930. The lowest BCUT2D eigenvalue weighted by Crippen LogP contribution is -2.44. The highest BCUT2D eigenvalue weighted by Gasteiger charge is 2.26. The first kappa shape index (κ1) is 24.3. The lowest BCUT2D eigenvalue weighted by Gasteiger charge is -2.33. The Morgan fingerprint density at radius 2 is 1.90 bits per heavy atom. The van der Waals surface area contributed by atoms with E-state index in [0.29, 0.717) is 18.4 Å². The van der Waals surface area contributed by atoms with E-state index in [-0.39, 0.29) is 29.8 Å². The molecule has 2 fully saturated rings. The van der Waals surface area contributed by atoms with E-state index >= 15 is 0 Å². The van der Waals surface area contributed by atoms with E-state index in [4.69, 9.17) is 4.74 Å². The molecule has 5 nitrogen and oxygen atoms in total. The number of nitrogens with zero attached hydrogens (tertiary/aromatic N) is 3. The van der Waals surface area contributed by atoms with Crippen molar-refractivity contribution in [2.45, 2.75) is 32.7 Å². The maximum Gasteiger partial charge on any atom is 0.193 e. The standard InChI is InChI=1S/C22H35FN4O.HI/c1-3-28-17-19-10-13-27(15-19)22(24-2)25-14-18-8-11-26(12-9-18)16-20-6-4-5-7-21(20)23;/h4-7,18-19H,3,8-17H2,1-2H3,(H,24,25);1H. The molecule has 1 aromatic rings. The van der Waals surface area contributed by atoms with Gasteiger partial charge in [-0.15, -0.1) is 24.0 Å². The number of likely N-dealkylation sites (tertiary alicyclic amines) is 2. The molecule has 1 aromatic carbocycles. The summed E-state index contributed by atoms with van der Waals surface area (Å²) in [6, 6.07) is 7.11. The molecule has 1 N–H and O–H groups in total. The van der Waals surface area contributed by atoms with E-state index in [1.54, 1.807) is 12.1 Å². The van der Waals surface area contributed by atoms with Gasteiger partial charge in [0.15, 0.2) is 5.96 Å². The highest BCUT2D eigenvalue weighted by molar-refractivity contribution is 14.0. The second-order valence-electron chi connectivity index (χ2n) is 8.00. The molecule has 1 atom stereocenters. The lowest BCUT2D eigenvalue weighted by molar-refractivity contribution is 0.114. The predicted octanol–water partition coefficient (Wildman–Crippen LogP) is 3.59. The van der Waals surface area contributed by atoms with Crippen LogP contribution in [0.15, 0.2) is 29.3 Å². The first-order valence-corrected chi connectivity index (χ1v) is 10.7. The molecule has 164 valence electrons. The minimum atomic E-state index is -0.0941. The van der Waals surface area contributed by atoms with Crippen LogP contribution in [0.1, 0.15) is 31.7 Å². The van der Waals surface area contributed by atoms with Gasteiger partial charge in [0.25, 0.3) is 0 Å². The number of rotatable bonds is 7. The number of hydrogen-bond acceptors (Lipinski definition) is 3. The number of nitrogens with one attached hydrogen (secondary N) is 1. The lowest BCUT2D eigenvalue weighted by atomic mass is 9.96. The number of hydrogen-bond donors (Lipinski definition) is 1. The molecule has 0 aliphatic carbocycles. The molecule has 0 saturated carbocycles. The molecule has 0 aromatic heterocycles. The molecular weight excluding hydrogens is 482 g/mol. The van der Waals surface area contributed by atoms with Crippen molar-refractivity contribution in [3.63, 3.8) is 0 Å². The third kappa shape index (κ3) is 7.36. The van der Waals surface area contributed by atoms with E-state index in [1.807, 2.05) is 19.2 Å². The quantitative estimate of drug-likeness (QED) is 0.341. The predicted molar refractivity (Wildman–Crippen MR) is 127 cm³/mol. The molecule has 0 radical (unpaired) electrons. The summed E-state index contributed by atoms with van der Waals surface area (Å²) in [5.74, 6) is 2.19. The van der Waals surface area contributed by atoms with Gasteiger partial charge in [0.1, 0.15) is 5.82 Å². The molecule has 3 rings (SSSR count). The fraction of sp³-hybridized carbons (Fsp3) is 0.682. The second-order valence-corrected chi connectivity index (χ2v) is 8.00. The van der Waals surface area contributed by atoms with E-state index < -0.39 is 0 Å². The van der Waals surface area contributed by atoms with Crippen LogP contribution in [0.5, 0.6) is 0 Å². The zero-order chi connectivity index (χ0) is 19.8. The van der Waals surface area contributed by atoms with Crippen LogP contribution in [-0.4, -0.2) is 68.7 Å². The maximum atomic E-state index is 13.9. The molecule has 0 bridgehead atoms. The second kappa shape index (κ2) is 12.7. The summed E-state index contributed by atoms with van der Waals surface area (Å²) in [6.07, 6.45) is 3.46. The van der Waals surface area contributed by atoms with Gasteiger partial charge in [0, 0.05) is 51.3 Å². The summed E-state index contributed by atoms with van der Waals surface area (Å²) in [6.45, 7) is 9.51. The molecule has 7 heteroatoms. The van der Waals surface area contributed by atoms with Crippen LogP contribution in [0.3, 0.4) is 0 Å². The normalized spacial score (nSPS) is 21.3. The van der Waals surface area contributed by atoms with Crippen LogP contribution < -0.4 is 5.32 Å². The van der Waals surface area contributed by atoms with Crippen molar-refractivity contribution in [2.24, 2.45) is 16.8 Å². The Balaban J connectivity index is 0.00000300. The van der Waals surface area contributed by atoms with Gasteiger partial charge in [0.2, 0.25) is 0 Å². The highest BCUT2D eigenvalue weighted by atomic mass is 127. The van der Waals surface area contributed by atoms with Gasteiger partial charge < -0.3 is 15.0 Å². The molecule has 2 aliphatic heterocycles. The van der Waals surface area contributed by atoms with Crippen LogP contribution in [-0.2, 0) is 11.3 Å². The topological polar surface area (TPSA) is 40.1 Å². The maximum absolute atomic E-state index is 13.9. The van der Waals surface area contributed by atoms with Crippen LogP contribution in [0.4, 0.5) is 4.39 Å². The van der Waals surface area contributed by atoms with Crippen LogP contribution in [0.2, 0.25) is 0 Å². The summed E-state index contributed by atoms with van der Waals surface area (Å²) in [5.41, 5.74) is 0.801. The van der Waals surface area contributed by atoms with E-state index in [1.165, 1.54) is 6.42 Å². The zero-order valence-electron chi connectivity index (χ0n) is 17.8. The molecule has 2 saturated heterocycles. The van der Waals surface area contributed by atoms with Gasteiger partial charge in [-0.1, -0.05) is 18.2 Å². The Labute approximate surface area is 192 Å². The number of benzene rings is 1. The molecule has 2 heterocycles. The van der Waals surface area contributed by atoms with Gasteiger partial charge in [-0.3, -0.25) is 9.89 Å². The molecule has 29 heavy (non-hydrogen) atoms. The molecule has 0 spiro atoms. The number of ether oxygens (including phenoxy) is 1. The van der Waals surface area contributed by atoms with Crippen molar-refractivity contribution >= 4 is 29.9 Å². The van der Waals surface area contributed by atoms with Crippen LogP contribution in [0.25, 0.3) is 0 Å². The van der Waals surface area contributed by atoms with Crippen molar-refractivity contribution in [3.8, 4) is 0 Å². The molecule has 1 unspecified atom stereocenters. The van der Waals surface area contributed by atoms with Crippen molar-refractivity contribution in [1.29, 1.82) is 0 Å². The van der Waals surface area contributed by atoms with Gasteiger partial charge in [0.05, 0.1) is 6.61 Å². The monoisotopic (exact) mass is 518 g/mol. The molecule has 0 amide bonds. The summed E-state index contributed by atoms with van der Waals surface area (Å²) in [5, 5.41) is 3.59. The van der Waals surface area contributed by atoms with Crippen molar-refractivity contribution in [2.75, 3.05) is 53.0 Å². The Morgan fingerprint density at radius 1 is 1.17 bits per heavy atom. The van der Waals surface area contributed by atoms with E-state index in [2.05, 4.69) is 27.0 Å². The highest BCUT2D eigenvalue weighted by Crippen LogP contribution is 2.20. The third-order valence-corrected chi connectivity index (χ3v) is 5.96. The number of guanidine groups is 1. The van der Waals surface area contributed by atoms with Gasteiger partial charge in [-0.05, 0) is 51.3 Å². The first-order valence-electron chi connectivity index (χ1n) is 10.7. The SMILES string of the molecule is CCOCC1CCN(C(=NC)NCC2CCN(Cc3ccccc3F)CC2)C1.I. The number of halogens is 2. The summed E-state index contributed by atoms with van der Waals surface area (Å²) < 4.78 is 19.4. The van der Waals surface area contributed by atoms with Crippen molar-refractivity contribution < 1.29 is 9.13 Å². The fourth-order valence-corrected chi connectivity index (χ4v) is 4.23. The Bertz CT molecular complexity index is 637.